The zero-order chi connectivity index (χ0) is 14.8. The van der Waals surface area contributed by atoms with Crippen LogP contribution in [0.4, 0.5) is 5.69 Å². The number of rotatable bonds is 4. The first-order chi connectivity index (χ1) is 9.40. The lowest BCUT2D eigenvalue weighted by atomic mass is 9.99. The summed E-state index contributed by atoms with van der Waals surface area (Å²) < 4.78 is 28.3. The lowest BCUT2D eigenvalue weighted by Gasteiger charge is -2.29. The number of aryl methyl sites for hydroxylation is 1. The number of anilines is 1. The molecule has 1 aromatic heterocycles. The molecule has 1 aromatic rings. The summed E-state index contributed by atoms with van der Waals surface area (Å²) >= 11 is 0. The molecule has 8 heteroatoms. The summed E-state index contributed by atoms with van der Waals surface area (Å²) in [7, 11) is -3.65. The van der Waals surface area contributed by atoms with Gasteiger partial charge in [-0.25, -0.2) is 0 Å². The standard InChI is InChI=1S/C12H17N3O4S/c1-9-8-13-5-2-11(9)14-20(18,19)15-6-3-10(4-7-15)12(16)17/h2,5,8,10H,3-4,6-7H2,1H3,(H,13,14)(H,16,17). The minimum Gasteiger partial charge on any atom is -0.481 e. The summed E-state index contributed by atoms with van der Waals surface area (Å²) in [6.45, 7) is 2.20. The zero-order valence-corrected chi connectivity index (χ0v) is 11.9. The third kappa shape index (κ3) is 3.26. The van der Waals surface area contributed by atoms with Crippen molar-refractivity contribution in [1.29, 1.82) is 0 Å². The fraction of sp³-hybridized carbons (Fsp3) is 0.500. The fourth-order valence-corrected chi connectivity index (χ4v) is 3.46. The first-order valence-corrected chi connectivity index (χ1v) is 7.75. The van der Waals surface area contributed by atoms with Crippen molar-refractivity contribution in [2.45, 2.75) is 19.8 Å². The number of pyridine rings is 1. The Bertz CT molecular complexity index is 594. The van der Waals surface area contributed by atoms with Crippen LogP contribution in [0.2, 0.25) is 0 Å². The maximum absolute atomic E-state index is 12.2. The van der Waals surface area contributed by atoms with Gasteiger partial charge in [0.05, 0.1) is 11.6 Å². The van der Waals surface area contributed by atoms with E-state index < -0.39 is 22.1 Å². The average Bonchev–Trinajstić information content (AvgIpc) is 2.41. The highest BCUT2D eigenvalue weighted by Gasteiger charge is 2.31. The largest absolute Gasteiger partial charge is 0.481 e. The number of nitrogens with one attached hydrogen (secondary N) is 1. The van der Waals surface area contributed by atoms with Crippen molar-refractivity contribution in [2.24, 2.45) is 5.92 Å². The second kappa shape index (κ2) is 5.76. The first kappa shape index (κ1) is 14.7. The van der Waals surface area contributed by atoms with Gasteiger partial charge in [0.1, 0.15) is 0 Å². The van der Waals surface area contributed by atoms with Gasteiger partial charge in [0.25, 0.3) is 0 Å². The van der Waals surface area contributed by atoms with Crippen LogP contribution in [0.25, 0.3) is 0 Å². The Morgan fingerprint density at radius 3 is 2.65 bits per heavy atom. The van der Waals surface area contributed by atoms with E-state index in [1.165, 1.54) is 10.5 Å². The van der Waals surface area contributed by atoms with Crippen LogP contribution in [0.3, 0.4) is 0 Å². The molecule has 7 nitrogen and oxygen atoms in total. The predicted octanol–water partition coefficient (Wildman–Crippen LogP) is 0.843. The molecule has 2 N–H and O–H groups in total. The highest BCUT2D eigenvalue weighted by molar-refractivity contribution is 7.90. The number of carboxylic acid groups (broad SMARTS) is 1. The van der Waals surface area contributed by atoms with Gasteiger partial charge in [-0.1, -0.05) is 0 Å². The van der Waals surface area contributed by atoms with Gasteiger partial charge in [-0.3, -0.25) is 14.5 Å². The summed E-state index contributed by atoms with van der Waals surface area (Å²) in [5, 5.41) is 8.91. The van der Waals surface area contributed by atoms with Crippen molar-refractivity contribution in [3.63, 3.8) is 0 Å². The summed E-state index contributed by atoms with van der Waals surface area (Å²) in [6, 6.07) is 1.59. The molecule has 0 spiro atoms. The van der Waals surface area contributed by atoms with E-state index in [-0.39, 0.29) is 13.1 Å². The molecule has 1 aliphatic heterocycles. The summed E-state index contributed by atoms with van der Waals surface area (Å²) in [6.07, 6.45) is 3.77. The third-order valence-electron chi connectivity index (χ3n) is 3.40. The molecule has 0 unspecified atom stereocenters. The topological polar surface area (TPSA) is 99.6 Å². The SMILES string of the molecule is Cc1cnccc1NS(=O)(=O)N1CCC(C(=O)O)CC1. The Morgan fingerprint density at radius 2 is 2.10 bits per heavy atom. The van der Waals surface area contributed by atoms with E-state index in [2.05, 4.69) is 9.71 Å². The molecule has 0 radical (unpaired) electrons. The monoisotopic (exact) mass is 299 g/mol. The number of carbonyl (C=O) groups is 1. The minimum absolute atomic E-state index is 0.219. The van der Waals surface area contributed by atoms with Gasteiger partial charge in [0.15, 0.2) is 0 Å². The molecule has 1 fully saturated rings. The molecule has 0 atom stereocenters. The number of carboxylic acids is 1. The Labute approximate surface area is 117 Å². The van der Waals surface area contributed by atoms with E-state index in [9.17, 15) is 13.2 Å². The first-order valence-electron chi connectivity index (χ1n) is 6.31. The van der Waals surface area contributed by atoms with E-state index >= 15 is 0 Å². The zero-order valence-electron chi connectivity index (χ0n) is 11.1. The molecule has 1 saturated heterocycles. The van der Waals surface area contributed by atoms with Gasteiger partial charge < -0.3 is 5.11 Å². The summed E-state index contributed by atoms with van der Waals surface area (Å²) in [5.41, 5.74) is 1.22. The van der Waals surface area contributed by atoms with Crippen LogP contribution in [-0.2, 0) is 15.0 Å². The van der Waals surface area contributed by atoms with Crippen LogP contribution < -0.4 is 4.72 Å². The van der Waals surface area contributed by atoms with Crippen LogP contribution in [0, 0.1) is 12.8 Å². The Hall–Kier alpha value is -1.67. The molecule has 20 heavy (non-hydrogen) atoms. The summed E-state index contributed by atoms with van der Waals surface area (Å²) in [4.78, 5) is 14.8. The van der Waals surface area contributed by atoms with E-state index in [1.807, 2.05) is 0 Å². The average molecular weight is 299 g/mol. The van der Waals surface area contributed by atoms with Gasteiger partial charge in [0.2, 0.25) is 0 Å². The van der Waals surface area contributed by atoms with Crippen molar-refractivity contribution < 1.29 is 18.3 Å². The van der Waals surface area contributed by atoms with Gasteiger partial charge in [-0.05, 0) is 31.4 Å². The molecule has 0 aromatic carbocycles. The summed E-state index contributed by atoms with van der Waals surface area (Å²) in [5.74, 6) is -1.32. The van der Waals surface area contributed by atoms with E-state index in [1.54, 1.807) is 19.2 Å². The predicted molar refractivity (Wildman–Crippen MR) is 73.4 cm³/mol. The van der Waals surface area contributed by atoms with Crippen molar-refractivity contribution in [3.05, 3.63) is 24.0 Å². The number of piperidine rings is 1. The Morgan fingerprint density at radius 1 is 1.45 bits per heavy atom. The van der Waals surface area contributed by atoms with Crippen molar-refractivity contribution in [3.8, 4) is 0 Å². The van der Waals surface area contributed by atoms with Crippen LogP contribution in [0.5, 0.6) is 0 Å². The van der Waals surface area contributed by atoms with Gasteiger partial charge in [0, 0.05) is 25.5 Å². The van der Waals surface area contributed by atoms with E-state index in [0.29, 0.717) is 18.5 Å². The van der Waals surface area contributed by atoms with Crippen molar-refractivity contribution >= 4 is 21.9 Å². The second-order valence-corrected chi connectivity index (χ2v) is 6.48. The number of hydrogen-bond acceptors (Lipinski definition) is 4. The maximum atomic E-state index is 12.2. The fourth-order valence-electron chi connectivity index (χ4n) is 2.13. The van der Waals surface area contributed by atoms with E-state index in [4.69, 9.17) is 5.11 Å². The van der Waals surface area contributed by atoms with Crippen LogP contribution in [0.15, 0.2) is 18.5 Å². The molecule has 2 rings (SSSR count). The number of nitrogens with zero attached hydrogens (tertiary/aromatic N) is 2. The molecular formula is C12H17N3O4S. The molecule has 110 valence electrons. The Balaban J connectivity index is 2.05. The molecule has 0 bridgehead atoms. The molecule has 1 aliphatic rings. The quantitative estimate of drug-likeness (QED) is 0.858. The van der Waals surface area contributed by atoms with Gasteiger partial charge in [-0.2, -0.15) is 12.7 Å². The lowest BCUT2D eigenvalue weighted by molar-refractivity contribution is -0.142. The number of aliphatic carboxylic acids is 1. The molecule has 2 heterocycles. The maximum Gasteiger partial charge on any atom is 0.306 e. The number of hydrogen-bond donors (Lipinski definition) is 2. The molecular weight excluding hydrogens is 282 g/mol. The van der Waals surface area contributed by atoms with E-state index in [0.717, 1.165) is 5.56 Å². The minimum atomic E-state index is -3.65. The smallest absolute Gasteiger partial charge is 0.306 e. The second-order valence-electron chi connectivity index (χ2n) is 4.81. The third-order valence-corrected chi connectivity index (χ3v) is 4.93. The van der Waals surface area contributed by atoms with Crippen LogP contribution in [-0.4, -0.2) is 41.9 Å². The highest BCUT2D eigenvalue weighted by Crippen LogP contribution is 2.22. The van der Waals surface area contributed by atoms with Gasteiger partial charge in [-0.15, -0.1) is 0 Å². The van der Waals surface area contributed by atoms with Gasteiger partial charge >= 0.3 is 16.2 Å². The molecule has 0 saturated carbocycles. The molecule has 0 aliphatic carbocycles. The van der Waals surface area contributed by atoms with Crippen LogP contribution in [0.1, 0.15) is 18.4 Å². The highest BCUT2D eigenvalue weighted by atomic mass is 32.2. The lowest BCUT2D eigenvalue weighted by Crippen LogP contribution is -2.43. The van der Waals surface area contributed by atoms with Crippen LogP contribution >= 0.6 is 0 Å². The number of aromatic nitrogens is 1. The molecule has 0 amide bonds. The van der Waals surface area contributed by atoms with Crippen molar-refractivity contribution in [1.82, 2.24) is 9.29 Å². The Kier molecular flexibility index (Phi) is 4.24. The normalized spacial score (nSPS) is 17.9. The van der Waals surface area contributed by atoms with Crippen molar-refractivity contribution in [2.75, 3.05) is 17.8 Å².